The zero-order chi connectivity index (χ0) is 11.5. The highest BCUT2D eigenvalue weighted by atomic mass is 16.5. The molecule has 1 rings (SSSR count). The summed E-state index contributed by atoms with van der Waals surface area (Å²) in [6.07, 6.45) is 4.45. The Bertz CT molecular complexity index is 282. The van der Waals surface area contributed by atoms with Crippen LogP contribution in [0.15, 0.2) is 36.6 Å². The van der Waals surface area contributed by atoms with Crippen molar-refractivity contribution in [2.45, 2.75) is 6.42 Å². The van der Waals surface area contributed by atoms with Crippen LogP contribution in [-0.2, 0) is 9.47 Å². The zero-order valence-corrected chi connectivity index (χ0v) is 9.34. The van der Waals surface area contributed by atoms with Gasteiger partial charge in [-0.15, -0.1) is 0 Å². The summed E-state index contributed by atoms with van der Waals surface area (Å²) >= 11 is 0. The summed E-state index contributed by atoms with van der Waals surface area (Å²) in [5.74, 6) is 0. The fourth-order valence-electron chi connectivity index (χ4n) is 1.17. The molecule has 0 heterocycles. The molecule has 0 saturated heterocycles. The minimum Gasteiger partial charge on any atom is -0.501 e. The lowest BCUT2D eigenvalue weighted by molar-refractivity contribution is 0.0797. The molecule has 1 aromatic carbocycles. The van der Waals surface area contributed by atoms with Crippen molar-refractivity contribution in [1.82, 2.24) is 0 Å². The van der Waals surface area contributed by atoms with E-state index < -0.39 is 0 Å². The van der Waals surface area contributed by atoms with Gasteiger partial charge in [0.2, 0.25) is 0 Å². The first-order valence-electron chi connectivity index (χ1n) is 5.45. The van der Waals surface area contributed by atoms with Crippen LogP contribution in [0.3, 0.4) is 0 Å². The predicted octanol–water partition coefficient (Wildman–Crippen LogP) is 2.07. The largest absolute Gasteiger partial charge is 0.501 e. The van der Waals surface area contributed by atoms with Gasteiger partial charge in [-0.1, -0.05) is 30.3 Å². The Morgan fingerprint density at radius 3 is 2.62 bits per heavy atom. The fourth-order valence-corrected chi connectivity index (χ4v) is 1.17. The van der Waals surface area contributed by atoms with E-state index in [1.54, 1.807) is 6.26 Å². The Hall–Kier alpha value is -1.32. The first-order valence-corrected chi connectivity index (χ1v) is 5.45. The van der Waals surface area contributed by atoms with Crippen LogP contribution in [-0.4, -0.2) is 31.5 Å². The van der Waals surface area contributed by atoms with Crippen molar-refractivity contribution in [3.8, 4) is 0 Å². The van der Waals surface area contributed by atoms with E-state index in [9.17, 15) is 0 Å². The molecule has 88 valence electrons. The second-order valence-electron chi connectivity index (χ2n) is 3.27. The number of rotatable bonds is 8. The van der Waals surface area contributed by atoms with Gasteiger partial charge >= 0.3 is 0 Å². The van der Waals surface area contributed by atoms with E-state index in [1.807, 2.05) is 36.4 Å². The standard InChI is InChI=1S/C13H18O3/c14-8-12-16-10-4-9-15-11-7-13-5-2-1-3-6-13/h1-3,5-7,11,14H,4,8-10,12H2. The normalized spacial score (nSPS) is 10.8. The molecular formula is C13H18O3. The van der Waals surface area contributed by atoms with E-state index in [1.165, 1.54) is 0 Å². The molecule has 0 atom stereocenters. The van der Waals surface area contributed by atoms with E-state index in [4.69, 9.17) is 14.6 Å². The Kier molecular flexibility index (Phi) is 7.13. The number of benzene rings is 1. The molecule has 0 fully saturated rings. The Labute approximate surface area is 96.3 Å². The highest BCUT2D eigenvalue weighted by Gasteiger charge is 1.87. The van der Waals surface area contributed by atoms with Gasteiger partial charge in [-0.25, -0.2) is 0 Å². The number of aliphatic hydroxyl groups is 1. The third kappa shape index (κ3) is 6.22. The van der Waals surface area contributed by atoms with Gasteiger partial charge in [0.1, 0.15) is 0 Å². The van der Waals surface area contributed by atoms with Crippen LogP contribution in [0.1, 0.15) is 12.0 Å². The van der Waals surface area contributed by atoms with Crippen molar-refractivity contribution in [1.29, 1.82) is 0 Å². The van der Waals surface area contributed by atoms with E-state index in [-0.39, 0.29) is 6.61 Å². The lowest BCUT2D eigenvalue weighted by Gasteiger charge is -2.02. The number of ether oxygens (including phenoxy) is 2. The van der Waals surface area contributed by atoms with Crippen molar-refractivity contribution in [2.75, 3.05) is 26.4 Å². The van der Waals surface area contributed by atoms with E-state index in [2.05, 4.69) is 0 Å². The topological polar surface area (TPSA) is 38.7 Å². The van der Waals surface area contributed by atoms with Crippen LogP contribution in [0.4, 0.5) is 0 Å². The van der Waals surface area contributed by atoms with Crippen LogP contribution in [0.5, 0.6) is 0 Å². The number of hydrogen-bond acceptors (Lipinski definition) is 3. The SMILES string of the molecule is OCCOCCCOC=Cc1ccccc1. The quantitative estimate of drug-likeness (QED) is 0.540. The first-order chi connectivity index (χ1) is 7.93. The lowest BCUT2D eigenvalue weighted by atomic mass is 10.2. The summed E-state index contributed by atoms with van der Waals surface area (Å²) in [7, 11) is 0. The Morgan fingerprint density at radius 1 is 1.06 bits per heavy atom. The second-order valence-corrected chi connectivity index (χ2v) is 3.27. The van der Waals surface area contributed by atoms with Crippen molar-refractivity contribution >= 4 is 6.08 Å². The van der Waals surface area contributed by atoms with Crippen LogP contribution >= 0.6 is 0 Å². The minimum atomic E-state index is 0.0781. The average molecular weight is 222 g/mol. The predicted molar refractivity (Wildman–Crippen MR) is 63.9 cm³/mol. The fraction of sp³-hybridized carbons (Fsp3) is 0.385. The minimum absolute atomic E-state index is 0.0781. The maximum atomic E-state index is 8.47. The summed E-state index contributed by atoms with van der Waals surface area (Å²) in [6.45, 7) is 1.74. The lowest BCUT2D eigenvalue weighted by Crippen LogP contribution is -2.02. The summed E-state index contributed by atoms with van der Waals surface area (Å²) in [6, 6.07) is 10.00. The molecule has 3 heteroatoms. The molecule has 0 bridgehead atoms. The van der Waals surface area contributed by atoms with Crippen molar-refractivity contribution < 1.29 is 14.6 Å². The van der Waals surface area contributed by atoms with Gasteiger partial charge in [-0.3, -0.25) is 0 Å². The van der Waals surface area contributed by atoms with E-state index in [0.717, 1.165) is 12.0 Å². The van der Waals surface area contributed by atoms with Gasteiger partial charge < -0.3 is 14.6 Å². The molecule has 1 aromatic rings. The van der Waals surface area contributed by atoms with Gasteiger partial charge in [-0.2, -0.15) is 0 Å². The molecule has 3 nitrogen and oxygen atoms in total. The summed E-state index contributed by atoms with van der Waals surface area (Å²) in [4.78, 5) is 0. The molecule has 0 amide bonds. The molecule has 1 N–H and O–H groups in total. The molecule has 0 unspecified atom stereocenters. The monoisotopic (exact) mass is 222 g/mol. The van der Waals surface area contributed by atoms with Gasteiger partial charge in [0, 0.05) is 13.0 Å². The van der Waals surface area contributed by atoms with Crippen LogP contribution in [0, 0.1) is 0 Å². The number of hydrogen-bond donors (Lipinski definition) is 1. The van der Waals surface area contributed by atoms with Crippen LogP contribution in [0.2, 0.25) is 0 Å². The van der Waals surface area contributed by atoms with E-state index >= 15 is 0 Å². The first kappa shape index (κ1) is 12.7. The molecule has 0 saturated carbocycles. The molecule has 0 aliphatic heterocycles. The molecule has 0 radical (unpaired) electrons. The molecular weight excluding hydrogens is 204 g/mol. The smallest absolute Gasteiger partial charge is 0.0895 e. The third-order valence-electron chi connectivity index (χ3n) is 1.94. The third-order valence-corrected chi connectivity index (χ3v) is 1.94. The van der Waals surface area contributed by atoms with Crippen LogP contribution in [0.25, 0.3) is 6.08 Å². The van der Waals surface area contributed by atoms with Crippen molar-refractivity contribution in [3.63, 3.8) is 0 Å². The Balaban J connectivity index is 2.01. The maximum Gasteiger partial charge on any atom is 0.0895 e. The summed E-state index contributed by atoms with van der Waals surface area (Å²) in [5.41, 5.74) is 1.12. The second kappa shape index (κ2) is 8.95. The maximum absolute atomic E-state index is 8.47. The van der Waals surface area contributed by atoms with Gasteiger partial charge in [0.25, 0.3) is 0 Å². The van der Waals surface area contributed by atoms with Gasteiger partial charge in [0.15, 0.2) is 0 Å². The molecule has 0 spiro atoms. The molecule has 0 aliphatic rings. The molecule has 0 aromatic heterocycles. The molecule has 16 heavy (non-hydrogen) atoms. The number of aliphatic hydroxyl groups excluding tert-OH is 1. The highest BCUT2D eigenvalue weighted by molar-refractivity contribution is 5.47. The van der Waals surface area contributed by atoms with Gasteiger partial charge in [0.05, 0.1) is 26.1 Å². The molecule has 0 aliphatic carbocycles. The summed E-state index contributed by atoms with van der Waals surface area (Å²) < 4.78 is 10.4. The highest BCUT2D eigenvalue weighted by Crippen LogP contribution is 2.00. The van der Waals surface area contributed by atoms with Gasteiger partial charge in [-0.05, 0) is 11.6 Å². The van der Waals surface area contributed by atoms with E-state index in [0.29, 0.717) is 19.8 Å². The summed E-state index contributed by atoms with van der Waals surface area (Å²) in [5, 5.41) is 8.47. The van der Waals surface area contributed by atoms with Crippen LogP contribution < -0.4 is 0 Å². The Morgan fingerprint density at radius 2 is 1.88 bits per heavy atom. The van der Waals surface area contributed by atoms with Crippen molar-refractivity contribution in [3.05, 3.63) is 42.2 Å². The zero-order valence-electron chi connectivity index (χ0n) is 9.34. The average Bonchev–Trinajstić information content (AvgIpc) is 2.34. The van der Waals surface area contributed by atoms with Crippen molar-refractivity contribution in [2.24, 2.45) is 0 Å².